The van der Waals surface area contributed by atoms with Gasteiger partial charge in [-0.1, -0.05) is 12.8 Å². The first-order chi connectivity index (χ1) is 15.8. The lowest BCUT2D eigenvalue weighted by Gasteiger charge is -2.48. The molecule has 180 valence electrons. The fraction of sp³-hybridized carbons (Fsp3) is 0.591. The number of primary amides is 1. The molecule has 33 heavy (non-hydrogen) atoms. The molecule has 0 unspecified atom stereocenters. The minimum absolute atomic E-state index is 0.0295. The standard InChI is InChI=1S/C22H28F2N4O5/c23-22(24)33-17-11-15(27-9-10-32-12-18(27)29)7-8-16(17)26-21(31)19(20(25)30)28(13-3-1-4-13)14-5-2-6-14/h7-8,11,13-14,19,22H,1-6,9-10,12H2,(H2,25,30)(H,26,31)/t19-/m0/s1. The van der Waals surface area contributed by atoms with Gasteiger partial charge in [-0.3, -0.25) is 19.3 Å². The number of morpholine rings is 1. The number of rotatable bonds is 9. The zero-order chi connectivity index (χ0) is 23.5. The third-order valence-corrected chi connectivity index (χ3v) is 6.55. The highest BCUT2D eigenvalue weighted by molar-refractivity contribution is 6.10. The molecule has 9 nitrogen and oxygen atoms in total. The van der Waals surface area contributed by atoms with E-state index in [0.717, 1.165) is 38.5 Å². The number of nitrogens with zero attached hydrogens (tertiary/aromatic N) is 2. The van der Waals surface area contributed by atoms with Gasteiger partial charge in [-0.15, -0.1) is 0 Å². The number of alkyl halides is 2. The highest BCUT2D eigenvalue weighted by Gasteiger charge is 2.43. The van der Waals surface area contributed by atoms with Crippen molar-refractivity contribution in [2.75, 3.05) is 30.0 Å². The molecule has 0 aromatic heterocycles. The highest BCUT2D eigenvalue weighted by atomic mass is 19.3. The molecule has 3 amide bonds. The summed E-state index contributed by atoms with van der Waals surface area (Å²) in [5.41, 5.74) is 5.94. The molecular weight excluding hydrogens is 438 g/mol. The number of carbonyl (C=O) groups is 3. The second-order valence-electron chi connectivity index (χ2n) is 8.57. The lowest BCUT2D eigenvalue weighted by molar-refractivity contribution is -0.138. The molecule has 4 rings (SSSR count). The number of hydrogen-bond donors (Lipinski definition) is 2. The summed E-state index contributed by atoms with van der Waals surface area (Å²) in [7, 11) is 0. The summed E-state index contributed by atoms with van der Waals surface area (Å²) in [6.07, 6.45) is 5.58. The molecule has 0 spiro atoms. The lowest BCUT2D eigenvalue weighted by Crippen LogP contribution is -2.62. The van der Waals surface area contributed by atoms with Gasteiger partial charge in [0.05, 0.1) is 12.3 Å². The molecule has 0 bridgehead atoms. The number of hydrogen-bond acceptors (Lipinski definition) is 6. The van der Waals surface area contributed by atoms with Gasteiger partial charge in [0.25, 0.3) is 11.8 Å². The summed E-state index contributed by atoms with van der Waals surface area (Å²) in [6.45, 7) is -2.68. The Bertz CT molecular complexity index is 893. The van der Waals surface area contributed by atoms with Crippen molar-refractivity contribution in [3.05, 3.63) is 18.2 Å². The fourth-order valence-electron chi connectivity index (χ4n) is 4.47. The van der Waals surface area contributed by atoms with Gasteiger partial charge in [0.15, 0.2) is 11.8 Å². The van der Waals surface area contributed by atoms with E-state index < -0.39 is 24.5 Å². The molecule has 2 aliphatic carbocycles. The first kappa shape index (κ1) is 23.4. The summed E-state index contributed by atoms with van der Waals surface area (Å²) in [6, 6.07) is 3.16. The molecule has 1 aromatic carbocycles. The van der Waals surface area contributed by atoms with Crippen LogP contribution in [0.1, 0.15) is 38.5 Å². The van der Waals surface area contributed by atoms with E-state index in [-0.39, 0.29) is 42.6 Å². The van der Waals surface area contributed by atoms with Gasteiger partial charge in [0, 0.05) is 30.4 Å². The second kappa shape index (κ2) is 10.0. The molecule has 3 aliphatic rings. The molecule has 1 aromatic rings. The van der Waals surface area contributed by atoms with E-state index in [1.807, 2.05) is 4.90 Å². The number of benzene rings is 1. The van der Waals surface area contributed by atoms with Crippen molar-refractivity contribution in [2.24, 2.45) is 5.73 Å². The molecule has 0 radical (unpaired) electrons. The van der Waals surface area contributed by atoms with Crippen LogP contribution in [0.15, 0.2) is 18.2 Å². The van der Waals surface area contributed by atoms with Gasteiger partial charge in [0.1, 0.15) is 6.61 Å². The Labute approximate surface area is 190 Å². The van der Waals surface area contributed by atoms with Crippen LogP contribution >= 0.6 is 0 Å². The third kappa shape index (κ3) is 5.09. The lowest BCUT2D eigenvalue weighted by atomic mass is 9.83. The van der Waals surface area contributed by atoms with E-state index in [1.54, 1.807) is 0 Å². The number of amides is 3. The van der Waals surface area contributed by atoms with Gasteiger partial charge in [0.2, 0.25) is 5.91 Å². The number of carbonyl (C=O) groups excluding carboxylic acids is 3. The summed E-state index contributed by atoms with van der Waals surface area (Å²) in [4.78, 5) is 40.9. The Morgan fingerprint density at radius 2 is 1.85 bits per heavy atom. The van der Waals surface area contributed by atoms with E-state index in [1.165, 1.54) is 23.1 Å². The van der Waals surface area contributed by atoms with Gasteiger partial charge >= 0.3 is 6.61 Å². The minimum atomic E-state index is -3.15. The summed E-state index contributed by atoms with van der Waals surface area (Å²) in [5.74, 6) is -2.09. The van der Waals surface area contributed by atoms with Crippen molar-refractivity contribution in [1.82, 2.24) is 4.90 Å². The largest absolute Gasteiger partial charge is 0.433 e. The first-order valence-corrected chi connectivity index (χ1v) is 11.2. The molecule has 11 heteroatoms. The van der Waals surface area contributed by atoms with Crippen LogP contribution in [0, 0.1) is 0 Å². The molecule has 3 fully saturated rings. The third-order valence-electron chi connectivity index (χ3n) is 6.55. The van der Waals surface area contributed by atoms with Crippen molar-refractivity contribution >= 4 is 29.1 Å². The average molecular weight is 466 g/mol. The van der Waals surface area contributed by atoms with Gasteiger partial charge in [-0.05, 0) is 37.8 Å². The van der Waals surface area contributed by atoms with Crippen LogP contribution in [0.3, 0.4) is 0 Å². The van der Waals surface area contributed by atoms with Crippen LogP contribution in [-0.2, 0) is 19.1 Å². The van der Waals surface area contributed by atoms with Crippen LogP contribution in [0.5, 0.6) is 5.75 Å². The van der Waals surface area contributed by atoms with E-state index in [9.17, 15) is 23.2 Å². The van der Waals surface area contributed by atoms with Crippen molar-refractivity contribution < 1.29 is 32.6 Å². The average Bonchev–Trinajstić information content (AvgIpc) is 2.66. The number of nitrogens with two attached hydrogens (primary N) is 1. The maximum atomic E-state index is 13.2. The van der Waals surface area contributed by atoms with Crippen LogP contribution < -0.4 is 20.7 Å². The Morgan fingerprint density at radius 3 is 2.36 bits per heavy atom. The number of anilines is 2. The van der Waals surface area contributed by atoms with Gasteiger partial charge < -0.3 is 25.4 Å². The van der Waals surface area contributed by atoms with E-state index in [0.29, 0.717) is 12.3 Å². The molecular formula is C22H28F2N4O5. The molecule has 1 heterocycles. The van der Waals surface area contributed by atoms with Crippen LogP contribution in [-0.4, -0.2) is 67.1 Å². The summed E-state index contributed by atoms with van der Waals surface area (Å²) >= 11 is 0. The zero-order valence-electron chi connectivity index (χ0n) is 18.2. The van der Waals surface area contributed by atoms with E-state index in [4.69, 9.17) is 10.5 Å². The van der Waals surface area contributed by atoms with Crippen molar-refractivity contribution in [3.8, 4) is 5.75 Å². The van der Waals surface area contributed by atoms with Crippen LogP contribution in [0.4, 0.5) is 20.2 Å². The van der Waals surface area contributed by atoms with Crippen LogP contribution in [0.2, 0.25) is 0 Å². The second-order valence-corrected chi connectivity index (χ2v) is 8.57. The number of ether oxygens (including phenoxy) is 2. The Kier molecular flexibility index (Phi) is 7.08. The highest BCUT2D eigenvalue weighted by Crippen LogP contribution is 2.37. The first-order valence-electron chi connectivity index (χ1n) is 11.2. The number of halogens is 2. The van der Waals surface area contributed by atoms with Crippen molar-refractivity contribution in [1.29, 1.82) is 0 Å². The topological polar surface area (TPSA) is 114 Å². The Morgan fingerprint density at radius 1 is 1.18 bits per heavy atom. The smallest absolute Gasteiger partial charge is 0.387 e. The zero-order valence-corrected chi connectivity index (χ0v) is 18.2. The molecule has 1 atom stereocenters. The SMILES string of the molecule is NC(=O)[C@@H](C(=O)Nc1ccc(N2CCOCC2=O)cc1OC(F)F)N(C1CCC1)C1CCC1. The van der Waals surface area contributed by atoms with Gasteiger partial charge in [-0.25, -0.2) is 0 Å². The maximum absolute atomic E-state index is 13.2. The Hall–Kier alpha value is -2.79. The summed E-state index contributed by atoms with van der Waals surface area (Å²) < 4.78 is 35.9. The molecule has 2 saturated carbocycles. The molecule has 1 saturated heterocycles. The molecule has 1 aliphatic heterocycles. The maximum Gasteiger partial charge on any atom is 0.387 e. The van der Waals surface area contributed by atoms with Crippen molar-refractivity contribution in [3.63, 3.8) is 0 Å². The number of nitrogens with one attached hydrogen (secondary N) is 1. The monoisotopic (exact) mass is 466 g/mol. The Balaban J connectivity index is 1.58. The predicted octanol–water partition coefficient (Wildman–Crippen LogP) is 1.85. The fourth-order valence-corrected chi connectivity index (χ4v) is 4.47. The quantitative estimate of drug-likeness (QED) is 0.537. The summed E-state index contributed by atoms with van der Waals surface area (Å²) in [5, 5.41) is 2.56. The van der Waals surface area contributed by atoms with Crippen LogP contribution in [0.25, 0.3) is 0 Å². The normalized spacial score (nSPS) is 20.4. The van der Waals surface area contributed by atoms with E-state index in [2.05, 4.69) is 10.1 Å². The predicted molar refractivity (Wildman–Crippen MR) is 115 cm³/mol. The van der Waals surface area contributed by atoms with Gasteiger partial charge in [-0.2, -0.15) is 8.78 Å². The molecule has 3 N–H and O–H groups in total. The van der Waals surface area contributed by atoms with E-state index >= 15 is 0 Å². The van der Waals surface area contributed by atoms with Crippen molar-refractivity contribution in [2.45, 2.75) is 63.3 Å². The minimum Gasteiger partial charge on any atom is -0.433 e.